The van der Waals surface area contributed by atoms with Crippen molar-refractivity contribution in [2.24, 2.45) is 5.92 Å². The summed E-state index contributed by atoms with van der Waals surface area (Å²) in [5, 5.41) is 20.6. The first-order chi connectivity index (χ1) is 16.9. The molecule has 184 valence electrons. The van der Waals surface area contributed by atoms with Crippen LogP contribution >= 0.6 is 0 Å². The van der Waals surface area contributed by atoms with Crippen molar-refractivity contribution >= 4 is 11.5 Å². The SMILES string of the molecule is CCCN(Cc1nnc(CN(C)C)n1-c1ccc([N+](=O)[O-])cc1C(=O)c1ccccc1)CC1CC1. The van der Waals surface area contributed by atoms with Crippen molar-refractivity contribution in [3.8, 4) is 5.69 Å². The highest BCUT2D eigenvalue weighted by Crippen LogP contribution is 2.31. The minimum absolute atomic E-state index is 0.127. The predicted octanol–water partition coefficient (Wildman–Crippen LogP) is 4.09. The molecule has 0 N–H and O–H groups in total. The van der Waals surface area contributed by atoms with Crippen molar-refractivity contribution in [1.82, 2.24) is 24.6 Å². The largest absolute Gasteiger partial charge is 0.302 e. The number of carbonyl (C=O) groups excluding carboxylic acids is 1. The van der Waals surface area contributed by atoms with E-state index in [1.165, 1.54) is 25.0 Å². The number of nitro benzene ring substituents is 1. The van der Waals surface area contributed by atoms with E-state index in [1.807, 2.05) is 29.6 Å². The highest BCUT2D eigenvalue weighted by atomic mass is 16.6. The van der Waals surface area contributed by atoms with Gasteiger partial charge in [-0.05, 0) is 51.9 Å². The first kappa shape index (κ1) is 24.7. The molecule has 0 aliphatic heterocycles. The summed E-state index contributed by atoms with van der Waals surface area (Å²) in [6.45, 7) is 5.23. The third-order valence-electron chi connectivity index (χ3n) is 6.09. The van der Waals surface area contributed by atoms with Gasteiger partial charge in [0.25, 0.3) is 5.69 Å². The van der Waals surface area contributed by atoms with Gasteiger partial charge in [-0.25, -0.2) is 0 Å². The van der Waals surface area contributed by atoms with Crippen LogP contribution in [0.4, 0.5) is 5.69 Å². The van der Waals surface area contributed by atoms with E-state index in [4.69, 9.17) is 0 Å². The van der Waals surface area contributed by atoms with Gasteiger partial charge in [0.15, 0.2) is 17.4 Å². The fraction of sp³-hybridized carbons (Fsp3) is 0.423. The van der Waals surface area contributed by atoms with Gasteiger partial charge in [0.1, 0.15) is 0 Å². The molecule has 0 spiro atoms. The molecule has 3 aromatic rings. The Labute approximate surface area is 205 Å². The number of ketones is 1. The number of benzene rings is 2. The standard InChI is InChI=1S/C26H32N6O3/c1-4-14-30(16-19-10-11-19)18-25-28-27-24(17-29(2)3)31(25)23-13-12-21(32(34)35)15-22(23)26(33)20-8-6-5-7-9-20/h5-9,12-13,15,19H,4,10-11,14,16-18H2,1-3H3. The molecule has 1 heterocycles. The molecule has 0 saturated heterocycles. The molecule has 0 atom stereocenters. The summed E-state index contributed by atoms with van der Waals surface area (Å²) in [7, 11) is 3.89. The van der Waals surface area contributed by atoms with E-state index in [9.17, 15) is 14.9 Å². The van der Waals surface area contributed by atoms with Gasteiger partial charge < -0.3 is 4.90 Å². The average molecular weight is 477 g/mol. The van der Waals surface area contributed by atoms with Gasteiger partial charge in [-0.2, -0.15) is 0 Å². The quantitative estimate of drug-likeness (QED) is 0.221. The van der Waals surface area contributed by atoms with Crippen molar-refractivity contribution in [3.05, 3.63) is 81.4 Å². The van der Waals surface area contributed by atoms with Gasteiger partial charge in [-0.1, -0.05) is 37.3 Å². The zero-order chi connectivity index (χ0) is 24.9. The molecule has 9 heteroatoms. The molecule has 2 aromatic carbocycles. The second-order valence-electron chi connectivity index (χ2n) is 9.44. The van der Waals surface area contributed by atoms with Gasteiger partial charge in [0, 0.05) is 24.2 Å². The van der Waals surface area contributed by atoms with Crippen LogP contribution in [-0.4, -0.2) is 62.5 Å². The van der Waals surface area contributed by atoms with E-state index in [-0.39, 0.29) is 17.0 Å². The average Bonchev–Trinajstić information content (AvgIpc) is 3.58. The van der Waals surface area contributed by atoms with Gasteiger partial charge >= 0.3 is 0 Å². The van der Waals surface area contributed by atoms with E-state index in [2.05, 4.69) is 22.0 Å². The van der Waals surface area contributed by atoms with Crippen LogP contribution in [0.2, 0.25) is 0 Å². The number of rotatable bonds is 12. The van der Waals surface area contributed by atoms with Crippen LogP contribution in [0.15, 0.2) is 48.5 Å². The Morgan fingerprint density at radius 1 is 1.09 bits per heavy atom. The number of nitro groups is 1. The summed E-state index contributed by atoms with van der Waals surface area (Å²) in [4.78, 5) is 29.0. The molecule has 0 bridgehead atoms. The normalized spacial score (nSPS) is 13.5. The molecule has 1 aromatic heterocycles. The maximum Gasteiger partial charge on any atom is 0.270 e. The van der Waals surface area contributed by atoms with E-state index < -0.39 is 4.92 Å². The molecule has 4 rings (SSSR count). The predicted molar refractivity (Wildman–Crippen MR) is 134 cm³/mol. The third kappa shape index (κ3) is 5.98. The molecule has 0 radical (unpaired) electrons. The number of hydrogen-bond acceptors (Lipinski definition) is 7. The minimum atomic E-state index is -0.474. The number of nitrogens with zero attached hydrogens (tertiary/aromatic N) is 6. The van der Waals surface area contributed by atoms with Gasteiger partial charge in [-0.3, -0.25) is 24.4 Å². The summed E-state index contributed by atoms with van der Waals surface area (Å²) < 4.78 is 1.91. The first-order valence-corrected chi connectivity index (χ1v) is 12.1. The van der Waals surface area contributed by atoms with Crippen LogP contribution in [0.5, 0.6) is 0 Å². The van der Waals surface area contributed by atoms with Crippen LogP contribution in [0.3, 0.4) is 0 Å². The molecule has 1 aliphatic rings. The van der Waals surface area contributed by atoms with Crippen LogP contribution in [0.25, 0.3) is 5.69 Å². The molecular weight excluding hydrogens is 444 g/mol. The van der Waals surface area contributed by atoms with Gasteiger partial charge in [0.05, 0.1) is 29.3 Å². The first-order valence-electron chi connectivity index (χ1n) is 12.1. The lowest BCUT2D eigenvalue weighted by Gasteiger charge is -2.22. The highest BCUT2D eigenvalue weighted by Gasteiger charge is 2.27. The van der Waals surface area contributed by atoms with Crippen molar-refractivity contribution in [3.63, 3.8) is 0 Å². The Kier molecular flexibility index (Phi) is 7.67. The minimum Gasteiger partial charge on any atom is -0.302 e. The molecule has 35 heavy (non-hydrogen) atoms. The molecule has 1 fully saturated rings. The van der Waals surface area contributed by atoms with Crippen molar-refractivity contribution in [1.29, 1.82) is 0 Å². The molecule has 0 unspecified atom stereocenters. The third-order valence-corrected chi connectivity index (χ3v) is 6.09. The Morgan fingerprint density at radius 3 is 2.37 bits per heavy atom. The maximum absolute atomic E-state index is 13.6. The Bertz CT molecular complexity index is 1190. The van der Waals surface area contributed by atoms with E-state index in [1.54, 1.807) is 30.3 Å². The lowest BCUT2D eigenvalue weighted by molar-refractivity contribution is -0.384. The van der Waals surface area contributed by atoms with Crippen molar-refractivity contribution < 1.29 is 9.72 Å². The fourth-order valence-electron chi connectivity index (χ4n) is 4.30. The number of aromatic nitrogens is 3. The maximum atomic E-state index is 13.6. The zero-order valence-corrected chi connectivity index (χ0v) is 20.6. The fourth-order valence-corrected chi connectivity index (χ4v) is 4.30. The molecule has 1 aliphatic carbocycles. The summed E-state index contributed by atoms with van der Waals surface area (Å²) in [6.07, 6.45) is 3.55. The molecule has 9 nitrogen and oxygen atoms in total. The Balaban J connectivity index is 1.83. The second kappa shape index (κ2) is 10.9. The summed E-state index contributed by atoms with van der Waals surface area (Å²) in [6, 6.07) is 13.3. The summed E-state index contributed by atoms with van der Waals surface area (Å²) in [5.74, 6) is 1.87. The topological polar surface area (TPSA) is 97.4 Å². The number of carbonyl (C=O) groups is 1. The summed E-state index contributed by atoms with van der Waals surface area (Å²) in [5.41, 5.74) is 1.16. The van der Waals surface area contributed by atoms with Crippen LogP contribution in [0, 0.1) is 16.0 Å². The van der Waals surface area contributed by atoms with E-state index >= 15 is 0 Å². The highest BCUT2D eigenvalue weighted by molar-refractivity contribution is 6.11. The lowest BCUT2D eigenvalue weighted by Crippen LogP contribution is -2.28. The van der Waals surface area contributed by atoms with E-state index in [0.29, 0.717) is 30.2 Å². The zero-order valence-electron chi connectivity index (χ0n) is 20.6. The Morgan fingerprint density at radius 2 is 1.77 bits per heavy atom. The number of non-ortho nitro benzene ring substituents is 1. The molecular formula is C26H32N6O3. The van der Waals surface area contributed by atoms with Crippen LogP contribution in [-0.2, 0) is 13.1 Å². The van der Waals surface area contributed by atoms with Crippen molar-refractivity contribution in [2.45, 2.75) is 39.3 Å². The smallest absolute Gasteiger partial charge is 0.270 e. The van der Waals surface area contributed by atoms with Gasteiger partial charge in [0.2, 0.25) is 0 Å². The monoisotopic (exact) mass is 476 g/mol. The second-order valence-corrected chi connectivity index (χ2v) is 9.44. The van der Waals surface area contributed by atoms with Gasteiger partial charge in [-0.15, -0.1) is 10.2 Å². The Hall–Kier alpha value is -3.43. The molecule has 1 saturated carbocycles. The van der Waals surface area contributed by atoms with E-state index in [0.717, 1.165) is 31.3 Å². The number of hydrogen-bond donors (Lipinski definition) is 0. The lowest BCUT2D eigenvalue weighted by atomic mass is 10.0. The van der Waals surface area contributed by atoms with Crippen LogP contribution < -0.4 is 0 Å². The summed E-state index contributed by atoms with van der Waals surface area (Å²) >= 11 is 0. The molecule has 0 amide bonds. The van der Waals surface area contributed by atoms with Crippen LogP contribution in [0.1, 0.15) is 53.8 Å². The van der Waals surface area contributed by atoms with Crippen molar-refractivity contribution in [2.75, 3.05) is 27.2 Å².